The maximum absolute atomic E-state index is 13.4. The van der Waals surface area contributed by atoms with Crippen molar-refractivity contribution in [1.29, 1.82) is 0 Å². The summed E-state index contributed by atoms with van der Waals surface area (Å²) < 4.78 is 25.2. The summed E-state index contributed by atoms with van der Waals surface area (Å²) in [7, 11) is 0. The Hall–Kier alpha value is -4.20. The number of carbonyl (C=O) groups excluding carboxylic acids is 1. The van der Waals surface area contributed by atoms with E-state index in [1.54, 1.807) is 35.0 Å². The first-order chi connectivity index (χ1) is 17.8. The molecule has 1 saturated heterocycles. The van der Waals surface area contributed by atoms with Crippen molar-refractivity contribution < 1.29 is 19.0 Å². The van der Waals surface area contributed by atoms with Crippen LogP contribution in [0.1, 0.15) is 17.6 Å². The van der Waals surface area contributed by atoms with Crippen molar-refractivity contribution in [3.63, 3.8) is 0 Å². The highest BCUT2D eigenvalue weighted by atomic mass is 32.1. The van der Waals surface area contributed by atoms with Crippen LogP contribution in [0.4, 0.5) is 16.0 Å². The molecule has 1 fully saturated rings. The van der Waals surface area contributed by atoms with Gasteiger partial charge in [-0.25, -0.2) is 14.1 Å². The van der Waals surface area contributed by atoms with Gasteiger partial charge in [0.25, 0.3) is 11.5 Å². The summed E-state index contributed by atoms with van der Waals surface area (Å²) >= 11 is 1.09. The second-order valence-electron chi connectivity index (χ2n) is 8.61. The van der Waals surface area contributed by atoms with Crippen LogP contribution in [0, 0.1) is 12.7 Å². The summed E-state index contributed by atoms with van der Waals surface area (Å²) in [5, 5.41) is 16.5. The maximum Gasteiger partial charge on any atom is 0.260 e. The van der Waals surface area contributed by atoms with E-state index in [4.69, 9.17) is 10.5 Å². The lowest BCUT2D eigenvalue weighted by molar-refractivity contribution is -0.143. The summed E-state index contributed by atoms with van der Waals surface area (Å²) in [5.41, 5.74) is 7.08. The fraction of sp³-hybridized carbons (Fsp3) is 0.208. The normalized spacial score (nSPS) is 17.1. The molecular weight excluding hydrogens is 501 g/mol. The van der Waals surface area contributed by atoms with Crippen molar-refractivity contribution in [3.8, 4) is 5.69 Å². The van der Waals surface area contributed by atoms with Crippen molar-refractivity contribution in [1.82, 2.24) is 24.1 Å². The van der Waals surface area contributed by atoms with Crippen LogP contribution in [0.3, 0.4) is 0 Å². The molecule has 11 nitrogen and oxygen atoms in total. The zero-order valence-corrected chi connectivity index (χ0v) is 20.2. The van der Waals surface area contributed by atoms with Gasteiger partial charge >= 0.3 is 0 Å². The molecule has 5 aromatic rings. The number of carbonyl (C=O) groups is 1. The van der Waals surface area contributed by atoms with Gasteiger partial charge in [-0.3, -0.25) is 14.5 Å². The van der Waals surface area contributed by atoms with Crippen LogP contribution in [-0.2, 0) is 9.53 Å². The number of H-pyrrole nitrogens is 1. The van der Waals surface area contributed by atoms with Gasteiger partial charge in [0.1, 0.15) is 23.6 Å². The fourth-order valence-electron chi connectivity index (χ4n) is 4.44. The van der Waals surface area contributed by atoms with Crippen LogP contribution in [0.15, 0.2) is 47.3 Å². The first-order valence-electron chi connectivity index (χ1n) is 11.3. The molecule has 37 heavy (non-hydrogen) atoms. The Kier molecular flexibility index (Phi) is 5.47. The third kappa shape index (κ3) is 3.84. The SMILES string of the molecule is Cc1cc(N2CCO[C@H](C(O)c3nc4ccc5c(N)nsc5c4c(=O)[nH]3)C2=O)nn1-c1ccc(F)cc1. The number of nitrogens with zero attached hydrogens (tertiary/aromatic N) is 5. The molecule has 0 spiro atoms. The molecule has 2 atom stereocenters. The minimum atomic E-state index is -1.53. The van der Waals surface area contributed by atoms with Gasteiger partial charge in [0.15, 0.2) is 11.9 Å². The van der Waals surface area contributed by atoms with Crippen molar-refractivity contribution >= 4 is 50.1 Å². The number of ether oxygens (including phenoxy) is 1. The Labute approximate surface area is 212 Å². The first-order valence-corrected chi connectivity index (χ1v) is 12.1. The van der Waals surface area contributed by atoms with Crippen molar-refractivity contribution in [3.05, 3.63) is 70.2 Å². The maximum atomic E-state index is 13.4. The molecule has 0 bridgehead atoms. The predicted octanol–water partition coefficient (Wildman–Crippen LogP) is 2.21. The molecule has 4 heterocycles. The number of fused-ring (bicyclic) bond motifs is 3. The Balaban J connectivity index is 1.31. The Morgan fingerprint density at radius 3 is 2.81 bits per heavy atom. The largest absolute Gasteiger partial charge is 0.382 e. The summed E-state index contributed by atoms with van der Waals surface area (Å²) in [6.07, 6.45) is -2.84. The number of nitrogens with two attached hydrogens (primary N) is 1. The summed E-state index contributed by atoms with van der Waals surface area (Å²) in [5.74, 6) is -0.310. The number of rotatable bonds is 4. The predicted molar refractivity (Wildman–Crippen MR) is 135 cm³/mol. The van der Waals surface area contributed by atoms with E-state index in [0.29, 0.717) is 38.3 Å². The molecule has 0 radical (unpaired) electrons. The highest BCUT2D eigenvalue weighted by molar-refractivity contribution is 7.14. The number of aryl methyl sites for hydroxylation is 1. The van der Waals surface area contributed by atoms with Gasteiger partial charge < -0.3 is 20.6 Å². The standard InChI is InChI=1S/C24H20FN7O4S/c1-11-10-16(29-32(11)13-4-2-12(25)3-5-13)31-8-9-36-19(24(31)35)18(33)22-27-15-7-6-14-20(37-30-21(14)26)17(15)23(34)28-22/h2-7,10,18-19,33H,8-9H2,1H3,(H2,26,30)(H,27,28,34)/t18?,19-/m1/s1. The molecule has 0 aliphatic carbocycles. The van der Waals surface area contributed by atoms with Gasteiger partial charge in [0, 0.05) is 17.1 Å². The molecule has 0 saturated carbocycles. The Morgan fingerprint density at radius 2 is 2.03 bits per heavy atom. The lowest BCUT2D eigenvalue weighted by Crippen LogP contribution is -2.50. The lowest BCUT2D eigenvalue weighted by atomic mass is 10.1. The van der Waals surface area contributed by atoms with E-state index in [1.165, 1.54) is 17.0 Å². The highest BCUT2D eigenvalue weighted by Gasteiger charge is 2.39. The number of halogens is 1. The lowest BCUT2D eigenvalue weighted by Gasteiger charge is -2.32. The number of amides is 1. The van der Waals surface area contributed by atoms with Crippen LogP contribution in [0.5, 0.6) is 0 Å². The van der Waals surface area contributed by atoms with Gasteiger partial charge in [0.05, 0.1) is 34.4 Å². The van der Waals surface area contributed by atoms with E-state index < -0.39 is 23.7 Å². The van der Waals surface area contributed by atoms with E-state index in [-0.39, 0.29) is 24.8 Å². The number of morpholine rings is 1. The number of aromatic nitrogens is 5. The number of benzene rings is 2. The second kappa shape index (κ2) is 8.73. The summed E-state index contributed by atoms with van der Waals surface area (Å²) in [4.78, 5) is 34.7. The number of aromatic amines is 1. The quantitative estimate of drug-likeness (QED) is 0.326. The molecule has 4 N–H and O–H groups in total. The molecule has 1 amide bonds. The molecule has 1 aliphatic rings. The third-order valence-electron chi connectivity index (χ3n) is 6.27. The monoisotopic (exact) mass is 521 g/mol. The van der Waals surface area contributed by atoms with Crippen molar-refractivity contribution in [2.45, 2.75) is 19.1 Å². The molecule has 188 valence electrons. The van der Waals surface area contributed by atoms with Crippen LogP contribution < -0.4 is 16.2 Å². The van der Waals surface area contributed by atoms with Crippen LogP contribution in [-0.4, -0.2) is 54.4 Å². The number of nitrogens with one attached hydrogen (secondary N) is 1. The fourth-order valence-corrected chi connectivity index (χ4v) is 5.29. The van der Waals surface area contributed by atoms with Gasteiger partial charge in [0.2, 0.25) is 0 Å². The number of hydrogen-bond donors (Lipinski definition) is 3. The van der Waals surface area contributed by atoms with E-state index in [9.17, 15) is 19.1 Å². The molecule has 1 unspecified atom stereocenters. The van der Waals surface area contributed by atoms with E-state index >= 15 is 0 Å². The number of nitrogen functional groups attached to an aromatic ring is 1. The molecule has 13 heteroatoms. The zero-order valence-electron chi connectivity index (χ0n) is 19.4. The summed E-state index contributed by atoms with van der Waals surface area (Å²) in [6.45, 7) is 2.16. The smallest absolute Gasteiger partial charge is 0.260 e. The average molecular weight is 522 g/mol. The first kappa shape index (κ1) is 23.2. The second-order valence-corrected chi connectivity index (χ2v) is 9.39. The van der Waals surface area contributed by atoms with E-state index in [2.05, 4.69) is 19.4 Å². The van der Waals surface area contributed by atoms with Crippen molar-refractivity contribution in [2.75, 3.05) is 23.8 Å². The zero-order chi connectivity index (χ0) is 25.8. The average Bonchev–Trinajstić information content (AvgIpc) is 3.46. The Morgan fingerprint density at radius 1 is 1.24 bits per heavy atom. The van der Waals surface area contributed by atoms with E-state index in [0.717, 1.165) is 17.2 Å². The van der Waals surface area contributed by atoms with Crippen LogP contribution >= 0.6 is 11.5 Å². The molecular formula is C24H20FN7O4S. The van der Waals surface area contributed by atoms with Gasteiger partial charge in [-0.05, 0) is 54.9 Å². The molecule has 2 aromatic carbocycles. The minimum absolute atomic E-state index is 0.0949. The minimum Gasteiger partial charge on any atom is -0.382 e. The number of hydrogen-bond acceptors (Lipinski definition) is 9. The number of anilines is 2. The van der Waals surface area contributed by atoms with Crippen LogP contribution in [0.2, 0.25) is 0 Å². The Bertz CT molecular complexity index is 1730. The van der Waals surface area contributed by atoms with Crippen LogP contribution in [0.25, 0.3) is 26.7 Å². The third-order valence-corrected chi connectivity index (χ3v) is 7.16. The molecule has 3 aromatic heterocycles. The van der Waals surface area contributed by atoms with Gasteiger partial charge in [-0.2, -0.15) is 4.37 Å². The molecule has 1 aliphatic heterocycles. The van der Waals surface area contributed by atoms with Gasteiger partial charge in [-0.1, -0.05) is 0 Å². The highest BCUT2D eigenvalue weighted by Crippen LogP contribution is 2.31. The number of aliphatic hydroxyl groups is 1. The summed E-state index contributed by atoms with van der Waals surface area (Å²) in [6, 6.07) is 10.9. The van der Waals surface area contributed by atoms with E-state index in [1.807, 2.05) is 6.92 Å². The molecule has 6 rings (SSSR count). The topological polar surface area (TPSA) is 152 Å². The number of aliphatic hydroxyl groups excluding tert-OH is 1. The van der Waals surface area contributed by atoms with Crippen molar-refractivity contribution in [2.24, 2.45) is 0 Å². The van der Waals surface area contributed by atoms with Gasteiger partial charge in [-0.15, -0.1) is 5.10 Å².